The van der Waals surface area contributed by atoms with E-state index in [1.807, 2.05) is 0 Å². The minimum atomic E-state index is -0.313. The van der Waals surface area contributed by atoms with Gasteiger partial charge in [0.15, 0.2) is 0 Å². The highest BCUT2D eigenvalue weighted by Crippen LogP contribution is 2.38. The summed E-state index contributed by atoms with van der Waals surface area (Å²) >= 11 is 0. The summed E-state index contributed by atoms with van der Waals surface area (Å²) in [6.07, 6.45) is 10.3. The molecule has 0 bridgehead atoms. The number of amides is 1. The molecule has 0 aromatic rings. The Morgan fingerprint density at radius 2 is 2.12 bits per heavy atom. The number of carbonyl (C=O) groups is 1. The minimum Gasteiger partial charge on any atom is -0.331 e. The van der Waals surface area contributed by atoms with E-state index in [-0.39, 0.29) is 11.3 Å². The minimum absolute atomic E-state index is 0.173. The van der Waals surface area contributed by atoms with Crippen LogP contribution in [0.15, 0.2) is 0 Å². The van der Waals surface area contributed by atoms with Crippen molar-refractivity contribution in [1.29, 1.82) is 0 Å². The van der Waals surface area contributed by atoms with E-state index in [1.54, 1.807) is 4.90 Å². The molecule has 16 heavy (non-hydrogen) atoms. The number of hydrogen-bond donors (Lipinski definition) is 1. The zero-order valence-electron chi connectivity index (χ0n) is 10.2. The van der Waals surface area contributed by atoms with E-state index in [1.165, 1.54) is 0 Å². The third-order valence-corrected chi connectivity index (χ3v) is 3.47. The second-order valence-corrected chi connectivity index (χ2v) is 4.62. The predicted molar refractivity (Wildman–Crippen MR) is 65.7 cm³/mol. The van der Waals surface area contributed by atoms with Crippen molar-refractivity contribution in [2.45, 2.75) is 39.0 Å². The highest BCUT2D eigenvalue weighted by atomic mass is 16.2. The molecule has 3 nitrogen and oxygen atoms in total. The van der Waals surface area contributed by atoms with Gasteiger partial charge in [-0.3, -0.25) is 4.79 Å². The zero-order chi connectivity index (χ0) is 12.0. The summed E-state index contributed by atoms with van der Waals surface area (Å²) in [6, 6.07) is 0. The first-order valence-corrected chi connectivity index (χ1v) is 6.13. The molecule has 0 atom stereocenters. The third-order valence-electron chi connectivity index (χ3n) is 3.47. The highest BCUT2D eigenvalue weighted by Gasteiger charge is 2.41. The summed E-state index contributed by atoms with van der Waals surface area (Å²) in [5.41, 5.74) is 5.49. The lowest BCUT2D eigenvalue weighted by atomic mass is 9.84. The van der Waals surface area contributed by atoms with Crippen LogP contribution in [0.5, 0.6) is 0 Å². The van der Waals surface area contributed by atoms with Crippen molar-refractivity contribution in [3.63, 3.8) is 0 Å². The predicted octanol–water partition coefficient (Wildman–Crippen LogP) is 1.38. The lowest BCUT2D eigenvalue weighted by molar-refractivity contribution is -0.140. The van der Waals surface area contributed by atoms with Crippen LogP contribution in [0.2, 0.25) is 0 Å². The van der Waals surface area contributed by atoms with Crippen LogP contribution >= 0.6 is 0 Å². The molecule has 0 unspecified atom stereocenters. The largest absolute Gasteiger partial charge is 0.331 e. The number of rotatable bonds is 5. The van der Waals surface area contributed by atoms with Crippen molar-refractivity contribution in [2.75, 3.05) is 19.6 Å². The fourth-order valence-electron chi connectivity index (χ4n) is 2.53. The van der Waals surface area contributed by atoms with Crippen molar-refractivity contribution in [3.8, 4) is 12.3 Å². The average Bonchev–Trinajstić information content (AvgIpc) is 2.77. The number of carbonyl (C=O) groups excluding carboxylic acids is 1. The van der Waals surface area contributed by atoms with Crippen LogP contribution in [0, 0.1) is 17.8 Å². The lowest BCUT2D eigenvalue weighted by Crippen LogP contribution is -2.47. The molecule has 3 heteroatoms. The molecular weight excluding hydrogens is 200 g/mol. The molecule has 1 amide bonds. The van der Waals surface area contributed by atoms with Gasteiger partial charge in [0, 0.05) is 13.1 Å². The van der Waals surface area contributed by atoms with Gasteiger partial charge in [0.2, 0.25) is 5.91 Å². The Morgan fingerprint density at radius 3 is 2.56 bits per heavy atom. The van der Waals surface area contributed by atoms with E-state index in [9.17, 15) is 4.79 Å². The lowest BCUT2D eigenvalue weighted by Gasteiger charge is -2.32. The maximum atomic E-state index is 12.4. The first kappa shape index (κ1) is 13.1. The van der Waals surface area contributed by atoms with Gasteiger partial charge in [0.05, 0.1) is 12.0 Å². The topological polar surface area (TPSA) is 46.3 Å². The maximum absolute atomic E-state index is 12.4. The van der Waals surface area contributed by atoms with Crippen LogP contribution in [-0.4, -0.2) is 30.4 Å². The Hall–Kier alpha value is -1.01. The van der Waals surface area contributed by atoms with Crippen LogP contribution in [-0.2, 0) is 4.79 Å². The van der Waals surface area contributed by atoms with E-state index in [4.69, 9.17) is 12.2 Å². The molecule has 0 aromatic heterocycles. The van der Waals surface area contributed by atoms with Crippen LogP contribution in [0.25, 0.3) is 0 Å². The van der Waals surface area contributed by atoms with Gasteiger partial charge < -0.3 is 10.6 Å². The molecule has 1 aliphatic carbocycles. The summed E-state index contributed by atoms with van der Waals surface area (Å²) in [6.45, 7) is 3.66. The molecule has 0 aromatic carbocycles. The molecule has 0 spiro atoms. The van der Waals surface area contributed by atoms with Crippen LogP contribution < -0.4 is 5.73 Å². The van der Waals surface area contributed by atoms with Gasteiger partial charge in [0.25, 0.3) is 0 Å². The Bertz CT molecular complexity index is 274. The van der Waals surface area contributed by atoms with E-state index >= 15 is 0 Å². The average molecular weight is 222 g/mol. The monoisotopic (exact) mass is 222 g/mol. The summed E-state index contributed by atoms with van der Waals surface area (Å²) in [5.74, 6) is 2.74. The van der Waals surface area contributed by atoms with E-state index in [2.05, 4.69) is 12.8 Å². The Balaban J connectivity index is 2.75. The van der Waals surface area contributed by atoms with Crippen LogP contribution in [0.1, 0.15) is 39.0 Å². The van der Waals surface area contributed by atoms with Gasteiger partial charge in [-0.15, -0.1) is 6.42 Å². The van der Waals surface area contributed by atoms with Crippen LogP contribution in [0.3, 0.4) is 0 Å². The summed E-state index contributed by atoms with van der Waals surface area (Å²) in [5, 5.41) is 0. The molecular formula is C13H22N2O. The first-order chi connectivity index (χ1) is 7.70. The third kappa shape index (κ3) is 2.56. The molecule has 1 fully saturated rings. The normalized spacial score (nSPS) is 18.1. The molecule has 1 saturated carbocycles. The smallest absolute Gasteiger partial charge is 0.230 e. The second kappa shape index (κ2) is 5.91. The van der Waals surface area contributed by atoms with Crippen molar-refractivity contribution in [1.82, 2.24) is 4.90 Å². The molecule has 0 heterocycles. The molecule has 1 rings (SSSR count). The number of nitrogens with zero attached hydrogens (tertiary/aromatic N) is 1. The second-order valence-electron chi connectivity index (χ2n) is 4.62. The summed E-state index contributed by atoms with van der Waals surface area (Å²) in [7, 11) is 0. The van der Waals surface area contributed by atoms with Gasteiger partial charge in [-0.1, -0.05) is 25.7 Å². The first-order valence-electron chi connectivity index (χ1n) is 6.13. The molecule has 0 radical (unpaired) electrons. The quantitative estimate of drug-likeness (QED) is 0.714. The molecule has 0 aliphatic heterocycles. The van der Waals surface area contributed by atoms with Gasteiger partial charge in [0.1, 0.15) is 0 Å². The van der Waals surface area contributed by atoms with Gasteiger partial charge >= 0.3 is 0 Å². The number of hydrogen-bond acceptors (Lipinski definition) is 2. The number of nitrogens with two attached hydrogens (primary N) is 1. The van der Waals surface area contributed by atoms with Crippen molar-refractivity contribution >= 4 is 5.91 Å². The van der Waals surface area contributed by atoms with Gasteiger partial charge in [-0.2, -0.15) is 0 Å². The van der Waals surface area contributed by atoms with E-state index in [0.29, 0.717) is 13.1 Å². The maximum Gasteiger partial charge on any atom is 0.230 e. The standard InChI is InChI=1S/C13H22N2O/c1-3-9-15(10-4-2)12(16)13(11-14)7-5-6-8-13/h1H,4-11,14H2,2H3. The van der Waals surface area contributed by atoms with Gasteiger partial charge in [-0.05, 0) is 19.3 Å². The Labute approximate surface area is 98.4 Å². The molecule has 2 N–H and O–H groups in total. The van der Waals surface area contributed by atoms with Crippen LogP contribution in [0.4, 0.5) is 0 Å². The molecule has 0 saturated heterocycles. The molecule has 90 valence electrons. The Morgan fingerprint density at radius 1 is 1.50 bits per heavy atom. The summed E-state index contributed by atoms with van der Waals surface area (Å²) in [4.78, 5) is 14.2. The fraction of sp³-hybridized carbons (Fsp3) is 0.769. The van der Waals surface area contributed by atoms with E-state index in [0.717, 1.165) is 38.6 Å². The van der Waals surface area contributed by atoms with Crippen molar-refractivity contribution < 1.29 is 4.79 Å². The Kier molecular flexibility index (Phi) is 4.82. The summed E-state index contributed by atoms with van der Waals surface area (Å²) < 4.78 is 0. The molecule has 1 aliphatic rings. The van der Waals surface area contributed by atoms with Crippen molar-refractivity contribution in [2.24, 2.45) is 11.1 Å². The van der Waals surface area contributed by atoms with Crippen molar-refractivity contribution in [3.05, 3.63) is 0 Å². The number of terminal acetylenes is 1. The fourth-order valence-corrected chi connectivity index (χ4v) is 2.53. The zero-order valence-corrected chi connectivity index (χ0v) is 10.2. The SMILES string of the molecule is C#CCN(CCC)C(=O)C1(CN)CCCC1. The highest BCUT2D eigenvalue weighted by molar-refractivity contribution is 5.83. The van der Waals surface area contributed by atoms with E-state index < -0.39 is 0 Å². The van der Waals surface area contributed by atoms with Gasteiger partial charge in [-0.25, -0.2) is 0 Å².